The minimum atomic E-state index is -0.991. The highest BCUT2D eigenvalue weighted by Gasteiger charge is 2.52. The zero-order valence-electron chi connectivity index (χ0n) is 18.9. The van der Waals surface area contributed by atoms with Gasteiger partial charge in [0, 0.05) is 40.6 Å². The number of hydrogen-bond acceptors (Lipinski definition) is 4. The number of nitrogens with one attached hydrogen (secondary N) is 2. The minimum absolute atomic E-state index is 0.0240. The summed E-state index contributed by atoms with van der Waals surface area (Å²) >= 11 is 0. The second-order valence-corrected chi connectivity index (χ2v) is 9.93. The van der Waals surface area contributed by atoms with Crippen molar-refractivity contribution in [3.8, 4) is 0 Å². The zero-order chi connectivity index (χ0) is 22.9. The molecule has 0 aliphatic carbocycles. The van der Waals surface area contributed by atoms with Crippen molar-refractivity contribution >= 4 is 49.5 Å². The van der Waals surface area contributed by atoms with Gasteiger partial charge in [-0.2, -0.15) is 0 Å². The number of aliphatic hydroxyl groups excluding tert-OH is 1. The molecular formula is C27H24N4O3. The summed E-state index contributed by atoms with van der Waals surface area (Å²) < 4.78 is 11.3. The number of nitrogens with zero attached hydrogens (tertiary/aromatic N) is 2. The quantitative estimate of drug-likeness (QED) is 0.362. The van der Waals surface area contributed by atoms with Crippen molar-refractivity contribution in [1.82, 2.24) is 19.8 Å². The molecule has 1 fully saturated rings. The van der Waals surface area contributed by atoms with Crippen LogP contribution in [0.1, 0.15) is 35.5 Å². The molecule has 0 saturated carbocycles. The van der Waals surface area contributed by atoms with Crippen LogP contribution in [0.15, 0.2) is 48.5 Å². The molecule has 5 heterocycles. The molecule has 0 radical (unpaired) electrons. The molecule has 2 unspecified atom stereocenters. The van der Waals surface area contributed by atoms with Crippen LogP contribution >= 0.6 is 0 Å². The van der Waals surface area contributed by atoms with Crippen LogP contribution in [0.3, 0.4) is 0 Å². The Morgan fingerprint density at radius 3 is 2.53 bits per heavy atom. The lowest BCUT2D eigenvalue weighted by Gasteiger charge is -2.46. The lowest BCUT2D eigenvalue weighted by atomic mass is 9.93. The fourth-order valence-electron chi connectivity index (χ4n) is 6.97. The lowest BCUT2D eigenvalue weighted by Crippen LogP contribution is -2.58. The van der Waals surface area contributed by atoms with E-state index in [1.165, 1.54) is 0 Å². The number of aromatic nitrogens is 2. The number of likely N-dealkylation sites (N-methyl/N-ethyl adjacent to an activating group) is 1. The minimum Gasteiger partial charge on any atom is -0.386 e. The summed E-state index contributed by atoms with van der Waals surface area (Å²) in [5, 5.41) is 22.2. The van der Waals surface area contributed by atoms with Gasteiger partial charge in [0.15, 0.2) is 5.72 Å². The highest BCUT2D eigenvalue weighted by molar-refractivity contribution is 6.31. The van der Waals surface area contributed by atoms with Crippen LogP contribution in [-0.2, 0) is 17.0 Å². The molecule has 0 spiro atoms. The molecule has 3 aromatic carbocycles. The van der Waals surface area contributed by atoms with Crippen molar-refractivity contribution in [3.05, 3.63) is 59.7 Å². The number of rotatable bonds is 1. The fraction of sp³-hybridized carbons (Fsp3) is 0.296. The fourth-order valence-corrected chi connectivity index (χ4v) is 6.97. The molecular weight excluding hydrogens is 428 g/mol. The Bertz CT molecular complexity index is 1730. The van der Waals surface area contributed by atoms with Gasteiger partial charge < -0.3 is 29.6 Å². The number of amides is 1. The van der Waals surface area contributed by atoms with Crippen molar-refractivity contribution < 1.29 is 14.6 Å². The third-order valence-electron chi connectivity index (χ3n) is 8.38. The van der Waals surface area contributed by atoms with Crippen molar-refractivity contribution in [3.63, 3.8) is 0 Å². The van der Waals surface area contributed by atoms with Crippen LogP contribution in [-0.4, -0.2) is 39.3 Å². The molecule has 7 heteroatoms. The first-order valence-electron chi connectivity index (χ1n) is 11.9. The molecule has 2 bridgehead atoms. The van der Waals surface area contributed by atoms with Crippen LogP contribution in [0, 0.1) is 0 Å². The summed E-state index contributed by atoms with van der Waals surface area (Å²) in [5.41, 5.74) is 4.91. The van der Waals surface area contributed by atoms with Gasteiger partial charge in [-0.15, -0.1) is 0 Å². The maximum Gasteiger partial charge on any atom is 0.252 e. The third kappa shape index (κ3) is 1.92. The van der Waals surface area contributed by atoms with E-state index in [2.05, 4.69) is 44.0 Å². The van der Waals surface area contributed by atoms with Gasteiger partial charge in [-0.25, -0.2) is 0 Å². The molecule has 3 aliphatic rings. The molecule has 1 amide bonds. The highest BCUT2D eigenvalue weighted by atomic mass is 16.6. The summed E-state index contributed by atoms with van der Waals surface area (Å²) in [6, 6.07) is 16.4. The first-order chi connectivity index (χ1) is 16.5. The largest absolute Gasteiger partial charge is 0.386 e. The van der Waals surface area contributed by atoms with Gasteiger partial charge in [0.1, 0.15) is 12.3 Å². The normalized spacial score (nSPS) is 27.7. The average molecular weight is 453 g/mol. The number of aliphatic hydroxyl groups is 1. The summed E-state index contributed by atoms with van der Waals surface area (Å²) in [5.74, 6) is -0.0240. The van der Waals surface area contributed by atoms with Crippen molar-refractivity contribution in [1.29, 1.82) is 0 Å². The predicted molar refractivity (Wildman–Crippen MR) is 131 cm³/mol. The second kappa shape index (κ2) is 5.99. The van der Waals surface area contributed by atoms with Crippen LogP contribution in [0.2, 0.25) is 0 Å². The second-order valence-electron chi connectivity index (χ2n) is 9.93. The Hall–Kier alpha value is -3.39. The van der Waals surface area contributed by atoms with E-state index in [9.17, 15) is 9.90 Å². The third-order valence-corrected chi connectivity index (χ3v) is 8.38. The molecule has 3 N–H and O–H groups in total. The maximum absolute atomic E-state index is 13.3. The Balaban J connectivity index is 1.74. The number of benzene rings is 3. The van der Waals surface area contributed by atoms with E-state index in [1.54, 1.807) is 0 Å². The van der Waals surface area contributed by atoms with Crippen LogP contribution in [0.25, 0.3) is 43.6 Å². The van der Waals surface area contributed by atoms with Crippen LogP contribution < -0.4 is 10.6 Å². The summed E-state index contributed by atoms with van der Waals surface area (Å²) in [7, 11) is 1.90. The molecule has 2 aromatic heterocycles. The van der Waals surface area contributed by atoms with Gasteiger partial charge in [-0.05, 0) is 31.7 Å². The van der Waals surface area contributed by atoms with Gasteiger partial charge >= 0.3 is 0 Å². The topological polar surface area (TPSA) is 80.4 Å². The Morgan fingerprint density at radius 2 is 1.76 bits per heavy atom. The van der Waals surface area contributed by atoms with E-state index < -0.39 is 11.8 Å². The number of hydrogen-bond donors (Lipinski definition) is 3. The number of fused-ring (bicyclic) bond motifs is 13. The molecule has 170 valence electrons. The van der Waals surface area contributed by atoms with E-state index in [-0.39, 0.29) is 18.2 Å². The summed E-state index contributed by atoms with van der Waals surface area (Å²) in [6.45, 7) is 2.49. The standard InChI is InChI=1S/C27H24N4O3/c1-27-25(32)16(28-2)11-19(34-27)30-17-9-5-3-7-13(17)21-22-15(12-29-26(22)33)20-14-8-4-6-10-18(14)31(27)24(20)23(21)30/h3-10,16,19,25,28,32H,11-12H2,1-2H3,(H,29,33)/t16?,19-,25?,27+/m1/s1. The molecule has 4 atom stereocenters. The molecule has 5 aromatic rings. The van der Waals surface area contributed by atoms with E-state index in [1.807, 2.05) is 38.2 Å². The van der Waals surface area contributed by atoms with E-state index in [4.69, 9.17) is 4.74 Å². The summed E-state index contributed by atoms with van der Waals surface area (Å²) in [6.07, 6.45) is -0.432. The van der Waals surface area contributed by atoms with E-state index in [0.29, 0.717) is 13.0 Å². The van der Waals surface area contributed by atoms with Crippen LogP contribution in [0.5, 0.6) is 0 Å². The number of ether oxygens (including phenoxy) is 1. The Morgan fingerprint density at radius 1 is 1.06 bits per heavy atom. The molecule has 1 saturated heterocycles. The highest BCUT2D eigenvalue weighted by Crippen LogP contribution is 2.53. The van der Waals surface area contributed by atoms with Crippen molar-refractivity contribution in [2.45, 2.75) is 44.0 Å². The molecule has 34 heavy (non-hydrogen) atoms. The first kappa shape index (κ1) is 19.0. The maximum atomic E-state index is 13.3. The summed E-state index contributed by atoms with van der Waals surface area (Å²) in [4.78, 5) is 13.3. The average Bonchev–Trinajstić information content (AvgIpc) is 3.48. The number of para-hydroxylation sites is 2. The first-order valence-corrected chi connectivity index (χ1v) is 11.9. The molecule has 7 nitrogen and oxygen atoms in total. The monoisotopic (exact) mass is 452 g/mol. The van der Waals surface area contributed by atoms with Crippen molar-refractivity contribution in [2.75, 3.05) is 7.05 Å². The van der Waals surface area contributed by atoms with Gasteiger partial charge in [-0.1, -0.05) is 36.4 Å². The van der Waals surface area contributed by atoms with Crippen molar-refractivity contribution in [2.24, 2.45) is 0 Å². The van der Waals surface area contributed by atoms with E-state index >= 15 is 0 Å². The smallest absolute Gasteiger partial charge is 0.252 e. The lowest BCUT2D eigenvalue weighted by molar-refractivity contribution is -0.249. The zero-order valence-corrected chi connectivity index (χ0v) is 18.9. The predicted octanol–water partition coefficient (Wildman–Crippen LogP) is 3.70. The molecule has 3 aliphatic heterocycles. The van der Waals surface area contributed by atoms with Gasteiger partial charge in [0.25, 0.3) is 5.91 Å². The van der Waals surface area contributed by atoms with Gasteiger partial charge in [0.05, 0.1) is 27.6 Å². The molecule has 8 rings (SSSR count). The number of carbonyl (C=O) groups is 1. The Kier molecular flexibility index (Phi) is 3.34. The van der Waals surface area contributed by atoms with Crippen LogP contribution in [0.4, 0.5) is 0 Å². The van der Waals surface area contributed by atoms with Gasteiger partial charge in [-0.3, -0.25) is 4.79 Å². The van der Waals surface area contributed by atoms with Gasteiger partial charge in [0.2, 0.25) is 0 Å². The number of carbonyl (C=O) groups excluding carboxylic acids is 1. The SMILES string of the molecule is CNC1C[C@H]2O[C@@](C)(C1O)n1c3ccccc3c3c4c(c5c6ccccc6n2c5c31)C(=O)NC4. The van der Waals surface area contributed by atoms with E-state index in [0.717, 1.165) is 54.7 Å². The Labute approximate surface area is 194 Å².